The van der Waals surface area contributed by atoms with E-state index >= 15 is 0 Å². The normalized spacial score (nSPS) is 26.8. The average molecular weight is 393 g/mol. The number of aliphatic hydroxyl groups excluding tert-OH is 1. The van der Waals surface area contributed by atoms with E-state index in [-0.39, 0.29) is 36.1 Å². The van der Waals surface area contributed by atoms with Crippen LogP contribution in [-0.4, -0.2) is 75.1 Å². The van der Waals surface area contributed by atoms with E-state index in [2.05, 4.69) is 0 Å². The van der Waals surface area contributed by atoms with Crippen LogP contribution < -0.4 is 15.1 Å². The number of fused-ring (bicyclic) bond motifs is 3. The molecule has 3 aliphatic rings. The molecule has 28 heavy (non-hydrogen) atoms. The van der Waals surface area contributed by atoms with Crippen LogP contribution in [0.1, 0.15) is 35.2 Å². The van der Waals surface area contributed by atoms with Gasteiger partial charge in [-0.2, -0.15) is 0 Å². The van der Waals surface area contributed by atoms with Crippen LogP contribution in [0.15, 0.2) is 12.1 Å². The van der Waals surface area contributed by atoms with Crippen molar-refractivity contribution >= 4 is 18.6 Å². The lowest BCUT2D eigenvalue weighted by molar-refractivity contribution is -0.146. The van der Waals surface area contributed by atoms with E-state index in [9.17, 15) is 29.9 Å². The van der Waals surface area contributed by atoms with E-state index in [0.29, 0.717) is 12.0 Å². The summed E-state index contributed by atoms with van der Waals surface area (Å²) in [5.74, 6) is -2.32. The molecule has 1 aromatic rings. The second-order valence-corrected chi connectivity index (χ2v) is 8.07. The van der Waals surface area contributed by atoms with Crippen LogP contribution in [0.4, 0.5) is 0 Å². The lowest BCUT2D eigenvalue weighted by Crippen LogP contribution is -2.64. The number of aliphatic hydroxyl groups is 1. The topological polar surface area (TPSA) is 163 Å². The number of likely N-dealkylation sites (tertiary alicyclic amines) is 1. The second kappa shape index (κ2) is 6.08. The van der Waals surface area contributed by atoms with Gasteiger partial charge in [-0.25, -0.2) is 4.79 Å². The van der Waals surface area contributed by atoms with E-state index < -0.39 is 42.7 Å². The number of amides is 1. The number of hydrogen-bond acceptors (Lipinski definition) is 8. The third-order valence-corrected chi connectivity index (χ3v) is 5.70. The number of nitrogens with two attached hydrogens (primary N) is 1. The lowest BCUT2D eigenvalue weighted by Gasteiger charge is -2.42. The minimum absolute atomic E-state index is 0.0340. The highest BCUT2D eigenvalue weighted by atomic mass is 16.6. The summed E-state index contributed by atoms with van der Waals surface area (Å²) >= 11 is 0. The molecule has 0 bridgehead atoms. The minimum Gasteiger partial charge on any atom is -0.669 e. The van der Waals surface area contributed by atoms with Crippen molar-refractivity contribution in [1.82, 2.24) is 4.90 Å². The molecule has 1 saturated carbocycles. The third kappa shape index (κ3) is 2.91. The van der Waals surface area contributed by atoms with Gasteiger partial charge < -0.3 is 40.3 Å². The molecular formula is C17H22BN2O8-. The second-order valence-electron chi connectivity index (χ2n) is 8.07. The Morgan fingerprint density at radius 3 is 2.68 bits per heavy atom. The largest absolute Gasteiger partial charge is 0.669 e. The predicted molar refractivity (Wildman–Crippen MR) is 96.0 cm³/mol. The van der Waals surface area contributed by atoms with Crippen LogP contribution in [0.2, 0.25) is 5.82 Å². The molecule has 152 valence electrons. The average Bonchev–Trinajstić information content (AvgIpc) is 3.38. The van der Waals surface area contributed by atoms with Gasteiger partial charge in [0, 0.05) is 0 Å². The molecule has 10 nitrogen and oxygen atoms in total. The standard InChI is InChI=1S/C17H22BN2O8/c1-17(19,7-21)16(24)20-5-8(6-20)27-12-3-2-9-10-4-11(10)18(25,26)28-14(9)13(12)15(22)23/h2-3,8,10-11,21,25-26H,4-7,19H2,1H3,(H,22,23)/q-1/t10?,11?,17-/m1/s1. The number of carboxylic acid groups (broad SMARTS) is 1. The van der Waals surface area contributed by atoms with Crippen molar-refractivity contribution in [3.63, 3.8) is 0 Å². The first-order chi connectivity index (χ1) is 13.0. The summed E-state index contributed by atoms with van der Waals surface area (Å²) in [6.07, 6.45) is 0.0761. The molecule has 2 heterocycles. The molecule has 2 fully saturated rings. The minimum atomic E-state index is -3.11. The highest BCUT2D eigenvalue weighted by Crippen LogP contribution is 2.63. The van der Waals surface area contributed by atoms with Crippen LogP contribution in [-0.2, 0) is 4.79 Å². The monoisotopic (exact) mass is 393 g/mol. The van der Waals surface area contributed by atoms with Crippen molar-refractivity contribution in [3.05, 3.63) is 23.3 Å². The fourth-order valence-corrected chi connectivity index (χ4v) is 3.90. The first-order valence-electron chi connectivity index (χ1n) is 9.09. The van der Waals surface area contributed by atoms with Crippen molar-refractivity contribution in [2.75, 3.05) is 19.7 Å². The Labute approximate surface area is 160 Å². The van der Waals surface area contributed by atoms with Gasteiger partial charge in [0.05, 0.1) is 25.4 Å². The van der Waals surface area contributed by atoms with Crippen LogP contribution >= 0.6 is 0 Å². The van der Waals surface area contributed by atoms with Gasteiger partial charge in [0.2, 0.25) is 5.91 Å². The zero-order valence-corrected chi connectivity index (χ0v) is 15.2. The van der Waals surface area contributed by atoms with Crippen molar-refractivity contribution in [3.8, 4) is 11.5 Å². The summed E-state index contributed by atoms with van der Waals surface area (Å²) in [4.78, 5) is 25.4. The van der Waals surface area contributed by atoms with E-state index in [0.717, 1.165) is 0 Å². The highest BCUT2D eigenvalue weighted by molar-refractivity contribution is 6.62. The van der Waals surface area contributed by atoms with Gasteiger partial charge in [0.25, 0.3) is 0 Å². The van der Waals surface area contributed by atoms with Crippen LogP contribution in [0, 0.1) is 0 Å². The Morgan fingerprint density at radius 2 is 2.07 bits per heavy atom. The van der Waals surface area contributed by atoms with Crippen molar-refractivity contribution in [1.29, 1.82) is 0 Å². The van der Waals surface area contributed by atoms with E-state index in [1.54, 1.807) is 6.07 Å². The quantitative estimate of drug-likeness (QED) is 0.389. The molecule has 1 aliphatic carbocycles. The number of rotatable bonds is 5. The number of nitrogens with zero attached hydrogens (tertiary/aromatic N) is 1. The molecule has 1 aromatic carbocycles. The molecule has 2 unspecified atom stereocenters. The zero-order chi connectivity index (χ0) is 20.4. The summed E-state index contributed by atoms with van der Waals surface area (Å²) in [6.45, 7) is -1.78. The number of benzene rings is 1. The Morgan fingerprint density at radius 1 is 1.39 bits per heavy atom. The molecule has 2 aliphatic heterocycles. The van der Waals surface area contributed by atoms with E-state index in [4.69, 9.17) is 15.1 Å². The molecule has 1 amide bonds. The molecule has 11 heteroatoms. The smallest absolute Gasteiger partial charge is 0.434 e. The molecular weight excluding hydrogens is 371 g/mol. The lowest BCUT2D eigenvalue weighted by atomic mass is 9.68. The van der Waals surface area contributed by atoms with Gasteiger partial charge in [-0.1, -0.05) is 18.3 Å². The van der Waals surface area contributed by atoms with E-state index in [1.165, 1.54) is 17.9 Å². The summed E-state index contributed by atoms with van der Waals surface area (Å²) < 4.78 is 11.0. The van der Waals surface area contributed by atoms with Gasteiger partial charge in [0.15, 0.2) is 0 Å². The zero-order valence-electron chi connectivity index (χ0n) is 15.2. The Kier molecular flexibility index (Phi) is 4.13. The fraction of sp³-hybridized carbons (Fsp3) is 0.529. The van der Waals surface area contributed by atoms with Gasteiger partial charge in [-0.05, 0) is 24.5 Å². The first kappa shape index (κ1) is 19.0. The van der Waals surface area contributed by atoms with Gasteiger partial charge in [-0.15, -0.1) is 0 Å². The third-order valence-electron chi connectivity index (χ3n) is 5.70. The molecule has 0 spiro atoms. The SMILES string of the molecule is C[C@@](N)(CO)C(=O)N1CC(Oc2ccc3c(c2C(=O)O)O[B-](O)(O)C2CC32)C1. The fourth-order valence-electron chi connectivity index (χ4n) is 3.90. The molecule has 4 rings (SSSR count). The first-order valence-corrected chi connectivity index (χ1v) is 9.09. The maximum absolute atomic E-state index is 12.2. The number of aromatic carboxylic acids is 1. The van der Waals surface area contributed by atoms with Crippen LogP contribution in [0.5, 0.6) is 11.5 Å². The molecule has 6 N–H and O–H groups in total. The summed E-state index contributed by atoms with van der Waals surface area (Å²) in [6, 6.07) is 3.21. The van der Waals surface area contributed by atoms with Crippen molar-refractivity contribution in [2.24, 2.45) is 5.73 Å². The molecule has 0 aromatic heterocycles. The maximum atomic E-state index is 12.2. The van der Waals surface area contributed by atoms with Crippen molar-refractivity contribution in [2.45, 2.75) is 36.7 Å². The number of carboxylic acids is 1. The molecule has 0 radical (unpaired) electrons. The maximum Gasteiger partial charge on any atom is 0.434 e. The van der Waals surface area contributed by atoms with E-state index in [1.807, 2.05) is 0 Å². The van der Waals surface area contributed by atoms with Gasteiger partial charge in [-0.3, -0.25) is 4.79 Å². The summed E-state index contributed by atoms with van der Waals surface area (Å²) in [5, 5.41) is 38.9. The van der Waals surface area contributed by atoms with Crippen LogP contribution in [0.3, 0.4) is 0 Å². The number of hydrogen-bond donors (Lipinski definition) is 5. The van der Waals surface area contributed by atoms with Gasteiger partial charge in [0.1, 0.15) is 23.0 Å². The Bertz CT molecular complexity index is 852. The van der Waals surface area contributed by atoms with Gasteiger partial charge >= 0.3 is 12.7 Å². The predicted octanol–water partition coefficient (Wildman–Crippen LogP) is -1.14. The number of carbonyl (C=O) groups excluding carboxylic acids is 1. The summed E-state index contributed by atoms with van der Waals surface area (Å²) in [5.41, 5.74) is 4.71. The Hall–Kier alpha value is -2.34. The van der Waals surface area contributed by atoms with Crippen molar-refractivity contribution < 1.29 is 39.2 Å². The molecule has 1 saturated heterocycles. The summed E-state index contributed by atoms with van der Waals surface area (Å²) in [7, 11) is 0. The molecule has 3 atom stereocenters. The highest BCUT2D eigenvalue weighted by Gasteiger charge is 2.55. The Balaban J connectivity index is 1.53. The number of carbonyl (C=O) groups is 2. The number of ether oxygens (including phenoxy) is 1. The van der Waals surface area contributed by atoms with Crippen LogP contribution in [0.25, 0.3) is 0 Å².